The lowest BCUT2D eigenvalue weighted by Gasteiger charge is -2.30. The predicted octanol–water partition coefficient (Wildman–Crippen LogP) is 2.52. The van der Waals surface area contributed by atoms with Gasteiger partial charge in [0, 0.05) is 12.5 Å². The van der Waals surface area contributed by atoms with E-state index in [1.165, 1.54) is 0 Å². The lowest BCUT2D eigenvalue weighted by atomic mass is 9.80. The number of nitrogens with one attached hydrogen (secondary N) is 1. The van der Waals surface area contributed by atoms with Gasteiger partial charge < -0.3 is 11.1 Å². The maximum Gasteiger partial charge on any atom is 0.391 e. The van der Waals surface area contributed by atoms with Gasteiger partial charge in [0.05, 0.1) is 11.8 Å². The lowest BCUT2D eigenvalue weighted by molar-refractivity contribution is -0.184. The molecule has 2 amide bonds. The average Bonchev–Trinajstić information content (AvgIpc) is 2.86. The van der Waals surface area contributed by atoms with Gasteiger partial charge in [-0.25, -0.2) is 0 Å². The summed E-state index contributed by atoms with van der Waals surface area (Å²) in [5, 5.41) is 2.84. The van der Waals surface area contributed by atoms with Gasteiger partial charge in [-0.3, -0.25) is 9.59 Å². The molecule has 4 nitrogen and oxygen atoms in total. The summed E-state index contributed by atoms with van der Waals surface area (Å²) in [4.78, 5) is 23.3. The Kier molecular flexibility index (Phi) is 5.34. The molecule has 2 atom stereocenters. The molecule has 0 saturated heterocycles. The van der Waals surface area contributed by atoms with Crippen molar-refractivity contribution in [3.8, 4) is 0 Å². The van der Waals surface area contributed by atoms with Gasteiger partial charge >= 0.3 is 6.18 Å². The summed E-state index contributed by atoms with van der Waals surface area (Å²) in [6.07, 6.45) is -0.517. The fraction of sp³-hybridized carbons (Fsp3) is 0.867. The van der Waals surface area contributed by atoms with Crippen LogP contribution < -0.4 is 11.1 Å². The molecule has 0 spiro atoms. The molecule has 2 saturated carbocycles. The first kappa shape index (κ1) is 17.1. The summed E-state index contributed by atoms with van der Waals surface area (Å²) >= 11 is 0. The highest BCUT2D eigenvalue weighted by molar-refractivity contribution is 5.80. The van der Waals surface area contributed by atoms with Gasteiger partial charge in [0.2, 0.25) is 11.8 Å². The Hall–Kier alpha value is -1.27. The second-order valence-electron chi connectivity index (χ2n) is 6.58. The van der Waals surface area contributed by atoms with E-state index in [9.17, 15) is 22.8 Å². The van der Waals surface area contributed by atoms with Crippen molar-refractivity contribution in [3.05, 3.63) is 0 Å². The number of rotatable bonds is 4. The van der Waals surface area contributed by atoms with Crippen LogP contribution in [0.15, 0.2) is 0 Å². The van der Waals surface area contributed by atoms with Crippen LogP contribution in [0.5, 0.6) is 0 Å². The Balaban J connectivity index is 1.75. The number of primary amides is 1. The molecule has 0 unspecified atom stereocenters. The van der Waals surface area contributed by atoms with Crippen LogP contribution in [0.1, 0.15) is 51.4 Å². The standard InChI is InChI=1S/C15H23F3N2O2/c16-15(17,18)10-6-4-9(5-7-10)8-13(21)20-12-3-1-2-11(12)14(19)22/h9-12H,1-8H2,(H2,19,22)(H,20,21)/t9?,10?,11-,12+/m1/s1. The van der Waals surface area contributed by atoms with Crippen molar-refractivity contribution in [2.24, 2.45) is 23.5 Å². The maximum absolute atomic E-state index is 12.6. The molecule has 2 fully saturated rings. The summed E-state index contributed by atoms with van der Waals surface area (Å²) in [6.45, 7) is 0. The second-order valence-corrected chi connectivity index (χ2v) is 6.58. The van der Waals surface area contributed by atoms with Crippen molar-refractivity contribution in [2.75, 3.05) is 0 Å². The molecule has 0 heterocycles. The molecular formula is C15H23F3N2O2. The summed E-state index contributed by atoms with van der Waals surface area (Å²) in [7, 11) is 0. The van der Waals surface area contributed by atoms with Crippen LogP contribution in [0.4, 0.5) is 13.2 Å². The van der Waals surface area contributed by atoms with Crippen LogP contribution >= 0.6 is 0 Å². The number of carbonyl (C=O) groups excluding carboxylic acids is 2. The molecule has 0 bridgehead atoms. The molecule has 126 valence electrons. The van der Waals surface area contributed by atoms with Crippen LogP contribution in [-0.4, -0.2) is 24.0 Å². The Morgan fingerprint density at radius 2 is 1.68 bits per heavy atom. The number of hydrogen-bond acceptors (Lipinski definition) is 2. The highest BCUT2D eigenvalue weighted by Gasteiger charge is 2.41. The molecule has 0 radical (unpaired) electrons. The minimum absolute atomic E-state index is 0.00651. The number of nitrogens with two attached hydrogens (primary N) is 1. The van der Waals surface area contributed by atoms with E-state index in [4.69, 9.17) is 5.73 Å². The van der Waals surface area contributed by atoms with Crippen LogP contribution in [-0.2, 0) is 9.59 Å². The van der Waals surface area contributed by atoms with E-state index in [2.05, 4.69) is 5.32 Å². The quantitative estimate of drug-likeness (QED) is 0.835. The van der Waals surface area contributed by atoms with Gasteiger partial charge in [0.25, 0.3) is 0 Å². The molecule has 0 aromatic rings. The summed E-state index contributed by atoms with van der Waals surface area (Å²) < 4.78 is 37.8. The van der Waals surface area contributed by atoms with Crippen molar-refractivity contribution in [1.29, 1.82) is 0 Å². The fourth-order valence-corrected chi connectivity index (χ4v) is 3.70. The minimum Gasteiger partial charge on any atom is -0.369 e. The fourth-order valence-electron chi connectivity index (χ4n) is 3.70. The maximum atomic E-state index is 12.6. The van der Waals surface area contributed by atoms with Crippen LogP contribution in [0.2, 0.25) is 0 Å². The summed E-state index contributed by atoms with van der Waals surface area (Å²) in [5.41, 5.74) is 5.31. The molecule has 3 N–H and O–H groups in total. The monoisotopic (exact) mass is 320 g/mol. The smallest absolute Gasteiger partial charge is 0.369 e. The number of amides is 2. The minimum atomic E-state index is -4.12. The number of carbonyl (C=O) groups is 2. The second kappa shape index (κ2) is 6.87. The third kappa shape index (κ3) is 4.36. The van der Waals surface area contributed by atoms with Crippen molar-refractivity contribution in [3.63, 3.8) is 0 Å². The molecule has 22 heavy (non-hydrogen) atoms. The summed E-state index contributed by atoms with van der Waals surface area (Å²) in [6, 6.07) is -0.212. The van der Waals surface area contributed by atoms with Gasteiger partial charge in [-0.1, -0.05) is 6.42 Å². The Morgan fingerprint density at radius 3 is 2.23 bits per heavy atom. The SMILES string of the molecule is NC(=O)[C@@H]1CCC[C@@H]1NC(=O)CC1CCC(C(F)(F)F)CC1. The first-order valence-corrected chi connectivity index (χ1v) is 7.92. The Bertz CT molecular complexity index is 418. The van der Waals surface area contributed by atoms with Crippen LogP contribution in [0.25, 0.3) is 0 Å². The molecule has 2 aliphatic carbocycles. The first-order valence-electron chi connectivity index (χ1n) is 7.92. The van der Waals surface area contributed by atoms with Gasteiger partial charge in [-0.05, 0) is 44.4 Å². The van der Waals surface area contributed by atoms with E-state index >= 15 is 0 Å². The van der Waals surface area contributed by atoms with Crippen LogP contribution in [0, 0.1) is 17.8 Å². The Morgan fingerprint density at radius 1 is 1.05 bits per heavy atom. The lowest BCUT2D eigenvalue weighted by Crippen LogP contribution is -2.43. The van der Waals surface area contributed by atoms with Crippen molar-refractivity contribution >= 4 is 11.8 Å². The zero-order chi connectivity index (χ0) is 16.3. The number of hydrogen-bond donors (Lipinski definition) is 2. The molecule has 0 aromatic carbocycles. The average molecular weight is 320 g/mol. The van der Waals surface area contributed by atoms with Crippen molar-refractivity contribution < 1.29 is 22.8 Å². The first-order chi connectivity index (χ1) is 10.3. The van der Waals surface area contributed by atoms with E-state index in [0.29, 0.717) is 19.3 Å². The summed E-state index contributed by atoms with van der Waals surface area (Å²) in [5.74, 6) is -2.10. The number of alkyl halides is 3. The highest BCUT2D eigenvalue weighted by atomic mass is 19.4. The van der Waals surface area contributed by atoms with Crippen molar-refractivity contribution in [2.45, 2.75) is 63.6 Å². The van der Waals surface area contributed by atoms with Gasteiger partial charge in [0.1, 0.15) is 0 Å². The third-order valence-electron chi connectivity index (χ3n) is 5.01. The predicted molar refractivity (Wildman–Crippen MR) is 74.6 cm³/mol. The number of halogens is 3. The molecule has 7 heteroatoms. The highest BCUT2D eigenvalue weighted by Crippen LogP contribution is 2.40. The topological polar surface area (TPSA) is 72.2 Å². The zero-order valence-electron chi connectivity index (χ0n) is 12.5. The molecule has 2 aliphatic rings. The van der Waals surface area contributed by atoms with Gasteiger partial charge in [-0.15, -0.1) is 0 Å². The van der Waals surface area contributed by atoms with E-state index in [0.717, 1.165) is 12.8 Å². The van der Waals surface area contributed by atoms with E-state index < -0.39 is 18.0 Å². The third-order valence-corrected chi connectivity index (χ3v) is 5.01. The van der Waals surface area contributed by atoms with E-state index in [1.54, 1.807) is 0 Å². The van der Waals surface area contributed by atoms with E-state index in [1.807, 2.05) is 0 Å². The van der Waals surface area contributed by atoms with Gasteiger partial charge in [0.15, 0.2) is 0 Å². The molecule has 0 aromatic heterocycles. The van der Waals surface area contributed by atoms with Crippen molar-refractivity contribution in [1.82, 2.24) is 5.32 Å². The largest absolute Gasteiger partial charge is 0.391 e. The van der Waals surface area contributed by atoms with Gasteiger partial charge in [-0.2, -0.15) is 13.2 Å². The molecular weight excluding hydrogens is 297 g/mol. The normalized spacial score (nSPS) is 32.7. The van der Waals surface area contributed by atoms with E-state index in [-0.39, 0.29) is 43.0 Å². The van der Waals surface area contributed by atoms with Crippen LogP contribution in [0.3, 0.4) is 0 Å². The Labute approximate surface area is 128 Å². The molecule has 0 aliphatic heterocycles. The zero-order valence-corrected chi connectivity index (χ0v) is 12.5. The molecule has 2 rings (SSSR count).